The van der Waals surface area contributed by atoms with E-state index in [1.54, 1.807) is 6.20 Å². The van der Waals surface area contributed by atoms with Crippen molar-refractivity contribution in [2.75, 3.05) is 49.7 Å². The second-order valence-corrected chi connectivity index (χ2v) is 6.40. The highest BCUT2D eigenvalue weighted by Gasteiger charge is 2.31. The van der Waals surface area contributed by atoms with Gasteiger partial charge in [-0.15, -0.1) is 0 Å². The molecule has 0 unspecified atom stereocenters. The third kappa shape index (κ3) is 3.49. The van der Waals surface area contributed by atoms with Crippen LogP contribution in [-0.4, -0.2) is 66.3 Å². The van der Waals surface area contributed by atoms with Crippen molar-refractivity contribution in [3.63, 3.8) is 0 Å². The molecule has 1 aromatic carbocycles. The number of aromatic nitrogens is 1. The topological polar surface area (TPSA) is 108 Å². The zero-order chi connectivity index (χ0) is 19.5. The first-order valence-corrected chi connectivity index (χ1v) is 8.98. The number of carbonyl (C=O) groups excluding carboxylic acids is 2. The Kier molecular flexibility index (Phi) is 5.09. The van der Waals surface area contributed by atoms with Gasteiger partial charge in [-0.3, -0.25) is 14.5 Å². The van der Waals surface area contributed by atoms with Crippen molar-refractivity contribution in [1.82, 2.24) is 9.88 Å². The van der Waals surface area contributed by atoms with Gasteiger partial charge in [-0.25, -0.2) is 4.98 Å². The molecule has 0 bridgehead atoms. The quantitative estimate of drug-likeness (QED) is 0.706. The molecule has 2 amide bonds. The molecule has 2 N–H and O–H groups in total. The third-order valence-corrected chi connectivity index (χ3v) is 4.67. The predicted octanol–water partition coefficient (Wildman–Crippen LogP) is 0.835. The summed E-state index contributed by atoms with van der Waals surface area (Å²) in [5.74, 6) is -0.306. The summed E-state index contributed by atoms with van der Waals surface area (Å²) in [6.07, 6.45) is 4.22. The van der Waals surface area contributed by atoms with Gasteiger partial charge in [0.15, 0.2) is 12.2 Å². The number of imide groups is 1. The molecular weight excluding hydrogens is 364 g/mol. The lowest BCUT2D eigenvalue weighted by Crippen LogP contribution is -2.37. The van der Waals surface area contributed by atoms with Crippen LogP contribution < -0.4 is 10.2 Å². The van der Waals surface area contributed by atoms with Crippen LogP contribution in [0.5, 0.6) is 0 Å². The molecule has 2 aliphatic rings. The smallest absolute Gasteiger partial charge is 0.277 e. The van der Waals surface area contributed by atoms with Crippen LogP contribution in [0.15, 0.2) is 47.0 Å². The van der Waals surface area contributed by atoms with Crippen molar-refractivity contribution < 1.29 is 23.8 Å². The molecule has 0 atom stereocenters. The minimum absolute atomic E-state index is 0.0340. The standard InChI is InChI=1S/C19H20N4O5/c24-6-3-23-18(25)10-15(19(23)26)21-14-9-13(17-11-20-12-28-17)1-2-16(14)22-4-7-27-8-5-22/h1-2,9-12,21,24H,3-8H2. The molecule has 9 heteroatoms. The van der Waals surface area contributed by atoms with Gasteiger partial charge < -0.3 is 24.5 Å². The van der Waals surface area contributed by atoms with Gasteiger partial charge in [0.2, 0.25) is 0 Å². The first-order chi connectivity index (χ1) is 13.7. The lowest BCUT2D eigenvalue weighted by Gasteiger charge is -2.31. The maximum Gasteiger partial charge on any atom is 0.277 e. The molecule has 1 aromatic heterocycles. The Balaban J connectivity index is 1.67. The van der Waals surface area contributed by atoms with E-state index in [2.05, 4.69) is 15.2 Å². The van der Waals surface area contributed by atoms with Crippen LogP contribution in [-0.2, 0) is 14.3 Å². The Morgan fingerprint density at radius 2 is 2.04 bits per heavy atom. The summed E-state index contributed by atoms with van der Waals surface area (Å²) in [7, 11) is 0. The van der Waals surface area contributed by atoms with Crippen molar-refractivity contribution in [3.05, 3.63) is 42.6 Å². The molecule has 0 aliphatic carbocycles. The number of amides is 2. The second-order valence-electron chi connectivity index (χ2n) is 6.40. The summed E-state index contributed by atoms with van der Waals surface area (Å²) in [6.45, 7) is 2.37. The van der Waals surface area contributed by atoms with Gasteiger partial charge in [0.25, 0.3) is 11.8 Å². The van der Waals surface area contributed by atoms with Crippen molar-refractivity contribution in [1.29, 1.82) is 0 Å². The fourth-order valence-electron chi connectivity index (χ4n) is 3.28. The van der Waals surface area contributed by atoms with Crippen molar-refractivity contribution in [3.8, 4) is 11.3 Å². The van der Waals surface area contributed by atoms with Gasteiger partial charge in [-0.05, 0) is 18.2 Å². The van der Waals surface area contributed by atoms with Gasteiger partial charge in [0.05, 0.1) is 43.9 Å². The summed E-state index contributed by atoms with van der Waals surface area (Å²) in [5.41, 5.74) is 2.53. The number of benzene rings is 1. The number of ether oxygens (including phenoxy) is 1. The molecule has 0 radical (unpaired) electrons. The number of aliphatic hydroxyl groups is 1. The molecule has 4 rings (SSSR count). The number of hydrogen-bond donors (Lipinski definition) is 2. The number of rotatable bonds is 6. The molecular formula is C19H20N4O5. The average molecular weight is 384 g/mol. The molecule has 1 saturated heterocycles. The number of nitrogens with one attached hydrogen (secondary N) is 1. The van der Waals surface area contributed by atoms with Gasteiger partial charge in [0.1, 0.15) is 5.70 Å². The van der Waals surface area contributed by atoms with Crippen LogP contribution in [0.25, 0.3) is 11.3 Å². The number of morpholine rings is 1. The molecule has 0 spiro atoms. The maximum absolute atomic E-state index is 12.5. The van der Waals surface area contributed by atoms with Crippen LogP contribution in [0.2, 0.25) is 0 Å². The first kappa shape index (κ1) is 18.2. The van der Waals surface area contributed by atoms with Crippen molar-refractivity contribution in [2.45, 2.75) is 0 Å². The van der Waals surface area contributed by atoms with Crippen LogP contribution in [0, 0.1) is 0 Å². The molecule has 2 aromatic rings. The van der Waals surface area contributed by atoms with E-state index in [0.717, 1.165) is 29.2 Å². The highest BCUT2D eigenvalue weighted by atomic mass is 16.5. The molecule has 3 heterocycles. The summed E-state index contributed by atoms with van der Waals surface area (Å²) in [4.78, 5) is 31.7. The van der Waals surface area contributed by atoms with Crippen LogP contribution >= 0.6 is 0 Å². The van der Waals surface area contributed by atoms with E-state index in [1.807, 2.05) is 18.2 Å². The molecule has 28 heavy (non-hydrogen) atoms. The first-order valence-electron chi connectivity index (χ1n) is 8.98. The average Bonchev–Trinajstić information content (AvgIpc) is 3.34. The van der Waals surface area contributed by atoms with Crippen molar-refractivity contribution in [2.24, 2.45) is 0 Å². The van der Waals surface area contributed by atoms with E-state index < -0.39 is 11.8 Å². The van der Waals surface area contributed by atoms with E-state index in [0.29, 0.717) is 24.7 Å². The van der Waals surface area contributed by atoms with Crippen LogP contribution in [0.3, 0.4) is 0 Å². The monoisotopic (exact) mass is 384 g/mol. The van der Waals surface area contributed by atoms with Crippen molar-refractivity contribution >= 4 is 23.2 Å². The fraction of sp³-hybridized carbons (Fsp3) is 0.316. The number of oxazole rings is 1. The number of anilines is 2. The number of hydrogen-bond acceptors (Lipinski definition) is 8. The minimum Gasteiger partial charge on any atom is -0.444 e. The van der Waals surface area contributed by atoms with E-state index >= 15 is 0 Å². The Labute approximate surface area is 161 Å². The Hall–Kier alpha value is -3.17. The Bertz CT molecular complexity index is 903. The Morgan fingerprint density at radius 3 is 2.75 bits per heavy atom. The van der Waals surface area contributed by atoms with Gasteiger partial charge in [0, 0.05) is 24.7 Å². The fourth-order valence-corrected chi connectivity index (χ4v) is 3.28. The molecule has 0 saturated carbocycles. The predicted molar refractivity (Wildman–Crippen MR) is 100 cm³/mol. The van der Waals surface area contributed by atoms with E-state index in [-0.39, 0.29) is 18.8 Å². The lowest BCUT2D eigenvalue weighted by atomic mass is 10.1. The van der Waals surface area contributed by atoms with E-state index in [1.165, 1.54) is 12.5 Å². The third-order valence-electron chi connectivity index (χ3n) is 4.67. The van der Waals surface area contributed by atoms with Gasteiger partial charge >= 0.3 is 0 Å². The largest absolute Gasteiger partial charge is 0.444 e. The van der Waals surface area contributed by atoms with Gasteiger partial charge in [-0.2, -0.15) is 0 Å². The Morgan fingerprint density at radius 1 is 1.21 bits per heavy atom. The summed E-state index contributed by atoms with van der Waals surface area (Å²) in [5, 5.41) is 12.2. The minimum atomic E-state index is -0.461. The second kappa shape index (κ2) is 7.83. The normalized spacial score (nSPS) is 17.2. The van der Waals surface area contributed by atoms with Crippen LogP contribution in [0.4, 0.5) is 11.4 Å². The summed E-state index contributed by atoms with van der Waals surface area (Å²) in [6, 6.07) is 5.72. The highest BCUT2D eigenvalue weighted by Crippen LogP contribution is 2.33. The van der Waals surface area contributed by atoms with Crippen LogP contribution in [0.1, 0.15) is 0 Å². The maximum atomic E-state index is 12.5. The molecule has 9 nitrogen and oxygen atoms in total. The lowest BCUT2D eigenvalue weighted by molar-refractivity contribution is -0.137. The molecule has 146 valence electrons. The zero-order valence-electron chi connectivity index (χ0n) is 15.1. The SMILES string of the molecule is O=C1C=C(Nc2cc(-c3cnco3)ccc2N2CCOCC2)C(=O)N1CCO. The molecule has 1 fully saturated rings. The number of carbonyl (C=O) groups is 2. The van der Waals surface area contributed by atoms with E-state index in [4.69, 9.17) is 14.3 Å². The zero-order valence-corrected chi connectivity index (χ0v) is 15.1. The van der Waals surface area contributed by atoms with Gasteiger partial charge in [-0.1, -0.05) is 0 Å². The summed E-state index contributed by atoms with van der Waals surface area (Å²) >= 11 is 0. The highest BCUT2D eigenvalue weighted by molar-refractivity contribution is 6.17. The summed E-state index contributed by atoms with van der Waals surface area (Å²) < 4.78 is 10.8. The number of nitrogens with zero attached hydrogens (tertiary/aromatic N) is 3. The number of β-amino-alcohol motifs (C(OH)–C–C–N with tert-alkyl or cyclic N) is 1. The number of aliphatic hydroxyl groups excluding tert-OH is 1. The van der Waals surface area contributed by atoms with E-state index in [9.17, 15) is 9.59 Å². The molecule has 2 aliphatic heterocycles.